The van der Waals surface area contributed by atoms with Crippen LogP contribution in [0.15, 0.2) is 39.9 Å². The summed E-state index contributed by atoms with van der Waals surface area (Å²) in [5.74, 6) is -0.0312. The van der Waals surface area contributed by atoms with Crippen molar-refractivity contribution in [3.8, 4) is 0 Å². The zero-order valence-electron chi connectivity index (χ0n) is 10.5. The Balaban J connectivity index is 2.18. The molecule has 4 nitrogen and oxygen atoms in total. The Morgan fingerprint density at radius 3 is 2.68 bits per heavy atom. The number of aromatic nitrogens is 1. The second kappa shape index (κ2) is 6.08. The molecule has 2 rings (SSSR count). The summed E-state index contributed by atoms with van der Waals surface area (Å²) in [4.78, 5) is 22.9. The number of thiazole rings is 1. The van der Waals surface area contributed by atoms with Crippen molar-refractivity contribution < 1.29 is 4.79 Å². The highest BCUT2D eigenvalue weighted by atomic mass is 79.9. The van der Waals surface area contributed by atoms with Crippen molar-refractivity contribution >= 4 is 44.5 Å². The summed E-state index contributed by atoms with van der Waals surface area (Å²) in [5, 5.41) is 0.578. The highest BCUT2D eigenvalue weighted by Crippen LogP contribution is 2.23. The second-order valence-corrected chi connectivity index (χ2v) is 5.98. The van der Waals surface area contributed by atoms with E-state index in [0.29, 0.717) is 15.6 Å². The molecule has 0 radical (unpaired) electrons. The van der Waals surface area contributed by atoms with Crippen molar-refractivity contribution in [2.75, 3.05) is 14.1 Å². The van der Waals surface area contributed by atoms with E-state index in [9.17, 15) is 4.79 Å². The predicted octanol–water partition coefficient (Wildman–Crippen LogP) is 3.36. The molecule has 0 spiro atoms. The minimum absolute atomic E-state index is 0.0312. The predicted molar refractivity (Wildman–Crippen MR) is 81.5 cm³/mol. The van der Waals surface area contributed by atoms with Crippen molar-refractivity contribution in [1.82, 2.24) is 9.88 Å². The molecule has 0 aliphatic heterocycles. The Labute approximate surface area is 123 Å². The molecule has 0 saturated carbocycles. The number of hydrogen-bond acceptors (Lipinski definition) is 4. The van der Waals surface area contributed by atoms with Crippen LogP contribution in [-0.2, 0) is 0 Å². The molecule has 0 fully saturated rings. The first-order valence-electron chi connectivity index (χ1n) is 5.53. The number of aliphatic imine (C=N–C) groups is 1. The van der Waals surface area contributed by atoms with Gasteiger partial charge in [0.15, 0.2) is 0 Å². The highest BCUT2D eigenvalue weighted by Gasteiger charge is 2.12. The number of ketones is 1. The fraction of sp³-hybridized carbons (Fsp3) is 0.154. The van der Waals surface area contributed by atoms with Crippen molar-refractivity contribution in [2.45, 2.75) is 0 Å². The first-order chi connectivity index (χ1) is 9.06. The number of carbonyl (C=O) groups is 1. The molecule has 0 amide bonds. The van der Waals surface area contributed by atoms with E-state index in [1.54, 1.807) is 24.7 Å². The zero-order valence-corrected chi connectivity index (χ0v) is 12.9. The van der Waals surface area contributed by atoms with Gasteiger partial charge in [0.1, 0.15) is 0 Å². The van der Waals surface area contributed by atoms with Gasteiger partial charge in [-0.2, -0.15) is 0 Å². The zero-order chi connectivity index (χ0) is 13.8. The molecule has 98 valence electrons. The van der Waals surface area contributed by atoms with E-state index in [1.807, 2.05) is 31.1 Å². The van der Waals surface area contributed by atoms with E-state index in [-0.39, 0.29) is 5.78 Å². The smallest absolute Gasteiger partial charge is 0.211 e. The summed E-state index contributed by atoms with van der Waals surface area (Å²) in [6, 6.07) is 7.27. The minimum atomic E-state index is -0.0312. The second-order valence-electron chi connectivity index (χ2n) is 4.05. The van der Waals surface area contributed by atoms with Gasteiger partial charge < -0.3 is 4.90 Å². The fourth-order valence-corrected chi connectivity index (χ4v) is 2.32. The summed E-state index contributed by atoms with van der Waals surface area (Å²) in [6.45, 7) is 0. The SMILES string of the molecule is CN(C)C=Nc1ncc(C(=O)c2ccc(Br)cc2)s1. The van der Waals surface area contributed by atoms with Gasteiger partial charge in [0.05, 0.1) is 17.4 Å². The van der Waals surface area contributed by atoms with Gasteiger partial charge in [0, 0.05) is 24.1 Å². The first-order valence-corrected chi connectivity index (χ1v) is 7.14. The maximum Gasteiger partial charge on any atom is 0.211 e. The molecule has 0 saturated heterocycles. The lowest BCUT2D eigenvalue weighted by atomic mass is 10.1. The van der Waals surface area contributed by atoms with Crippen LogP contribution in [0.25, 0.3) is 0 Å². The molecule has 1 aromatic carbocycles. The Morgan fingerprint density at radius 1 is 1.37 bits per heavy atom. The lowest BCUT2D eigenvalue weighted by Crippen LogP contribution is -2.06. The summed E-state index contributed by atoms with van der Waals surface area (Å²) in [7, 11) is 3.76. The summed E-state index contributed by atoms with van der Waals surface area (Å²) in [6.07, 6.45) is 3.23. The van der Waals surface area contributed by atoms with Gasteiger partial charge in [-0.05, 0) is 24.3 Å². The number of carbonyl (C=O) groups excluding carboxylic acids is 1. The summed E-state index contributed by atoms with van der Waals surface area (Å²) in [5.41, 5.74) is 0.648. The highest BCUT2D eigenvalue weighted by molar-refractivity contribution is 9.10. The third kappa shape index (κ3) is 3.71. The molecule has 0 atom stereocenters. The van der Waals surface area contributed by atoms with Crippen molar-refractivity contribution in [2.24, 2.45) is 4.99 Å². The Hall–Kier alpha value is -1.53. The van der Waals surface area contributed by atoms with Crippen LogP contribution in [0.3, 0.4) is 0 Å². The average Bonchev–Trinajstić information content (AvgIpc) is 2.85. The van der Waals surface area contributed by atoms with E-state index >= 15 is 0 Å². The molecule has 0 N–H and O–H groups in total. The van der Waals surface area contributed by atoms with Gasteiger partial charge >= 0.3 is 0 Å². The van der Waals surface area contributed by atoms with Crippen LogP contribution in [0, 0.1) is 0 Å². The Morgan fingerprint density at radius 2 is 2.05 bits per heavy atom. The maximum absolute atomic E-state index is 12.2. The number of halogens is 1. The molecule has 1 aromatic heterocycles. The van der Waals surface area contributed by atoms with Crippen LogP contribution in [0.4, 0.5) is 5.13 Å². The quantitative estimate of drug-likeness (QED) is 0.488. The van der Waals surface area contributed by atoms with Crippen molar-refractivity contribution in [3.63, 3.8) is 0 Å². The molecule has 0 aliphatic rings. The summed E-state index contributed by atoms with van der Waals surface area (Å²) < 4.78 is 0.949. The molecule has 0 aliphatic carbocycles. The van der Waals surface area contributed by atoms with Gasteiger partial charge in [0.2, 0.25) is 10.9 Å². The van der Waals surface area contributed by atoms with Crippen LogP contribution in [0.1, 0.15) is 15.2 Å². The van der Waals surface area contributed by atoms with Crippen molar-refractivity contribution in [1.29, 1.82) is 0 Å². The lowest BCUT2D eigenvalue weighted by molar-refractivity contribution is 0.104. The number of nitrogens with zero attached hydrogens (tertiary/aromatic N) is 3. The van der Waals surface area contributed by atoms with E-state index in [2.05, 4.69) is 25.9 Å². The van der Waals surface area contributed by atoms with Gasteiger partial charge in [-0.1, -0.05) is 27.3 Å². The van der Waals surface area contributed by atoms with E-state index in [4.69, 9.17) is 0 Å². The number of rotatable bonds is 4. The molecule has 1 heterocycles. The third-order valence-corrected chi connectivity index (χ3v) is 3.66. The van der Waals surface area contributed by atoms with Crippen LogP contribution in [0.2, 0.25) is 0 Å². The van der Waals surface area contributed by atoms with Crippen LogP contribution >= 0.6 is 27.3 Å². The fourth-order valence-electron chi connectivity index (χ4n) is 1.34. The van der Waals surface area contributed by atoms with Gasteiger partial charge in [0.25, 0.3) is 0 Å². The molecule has 0 bridgehead atoms. The van der Waals surface area contributed by atoms with Crippen LogP contribution in [0.5, 0.6) is 0 Å². The minimum Gasteiger partial charge on any atom is -0.369 e. The summed E-state index contributed by atoms with van der Waals surface area (Å²) >= 11 is 4.63. The largest absolute Gasteiger partial charge is 0.369 e. The third-order valence-electron chi connectivity index (χ3n) is 2.22. The molecule has 6 heteroatoms. The number of hydrogen-bond donors (Lipinski definition) is 0. The molecule has 19 heavy (non-hydrogen) atoms. The topological polar surface area (TPSA) is 45.6 Å². The monoisotopic (exact) mass is 337 g/mol. The van der Waals surface area contributed by atoms with Gasteiger partial charge in [-0.25, -0.2) is 9.98 Å². The van der Waals surface area contributed by atoms with Gasteiger partial charge in [-0.3, -0.25) is 4.79 Å². The molecule has 0 unspecified atom stereocenters. The van der Waals surface area contributed by atoms with Crippen molar-refractivity contribution in [3.05, 3.63) is 45.4 Å². The Kier molecular flexibility index (Phi) is 4.44. The molecule has 2 aromatic rings. The van der Waals surface area contributed by atoms with E-state index in [0.717, 1.165) is 4.47 Å². The standard InChI is InChI=1S/C13H12BrN3OS/c1-17(2)8-16-13-15-7-11(19-13)12(18)9-3-5-10(14)6-4-9/h3-8H,1-2H3. The number of benzene rings is 1. The lowest BCUT2D eigenvalue weighted by Gasteiger charge is -1.99. The normalized spacial score (nSPS) is 10.9. The first kappa shape index (κ1) is 13.9. The van der Waals surface area contributed by atoms with Crippen LogP contribution < -0.4 is 0 Å². The van der Waals surface area contributed by atoms with E-state index in [1.165, 1.54) is 11.3 Å². The van der Waals surface area contributed by atoms with Crippen LogP contribution in [-0.4, -0.2) is 36.1 Å². The molecular weight excluding hydrogens is 326 g/mol. The van der Waals surface area contributed by atoms with Gasteiger partial charge in [-0.15, -0.1) is 0 Å². The maximum atomic E-state index is 12.2. The Bertz CT molecular complexity index is 605. The molecular formula is C13H12BrN3OS. The van der Waals surface area contributed by atoms with E-state index < -0.39 is 0 Å². The average molecular weight is 338 g/mol.